The van der Waals surface area contributed by atoms with E-state index in [-0.39, 0.29) is 11.8 Å². The normalized spacial score (nSPS) is 22.5. The summed E-state index contributed by atoms with van der Waals surface area (Å²) in [5.41, 5.74) is 0. The molecule has 0 saturated carbocycles. The number of nitrogens with one attached hydrogen (secondary N) is 1. The molecule has 2 fully saturated rings. The van der Waals surface area contributed by atoms with Gasteiger partial charge in [-0.1, -0.05) is 6.07 Å². The number of carbonyl (C=O) groups is 1. The fourth-order valence-electron chi connectivity index (χ4n) is 3.38. The number of hydrogen-bond donors (Lipinski definition) is 1. The molecule has 1 aromatic rings. The van der Waals surface area contributed by atoms with Crippen LogP contribution in [-0.4, -0.2) is 63.6 Å². The van der Waals surface area contributed by atoms with Gasteiger partial charge in [-0.25, -0.2) is 13.1 Å². The van der Waals surface area contributed by atoms with E-state index in [0.717, 1.165) is 45.4 Å². The third-order valence-electron chi connectivity index (χ3n) is 4.84. The van der Waals surface area contributed by atoms with Crippen LogP contribution in [0.5, 0.6) is 0 Å². The van der Waals surface area contributed by atoms with Crippen molar-refractivity contribution >= 4 is 27.3 Å². The first-order valence-electron chi connectivity index (χ1n) is 9.23. The zero-order valence-electron chi connectivity index (χ0n) is 14.9. The number of likely N-dealkylation sites (tertiary alicyclic amines) is 1. The Hall–Kier alpha value is -1.000. The SMILES string of the molecule is O=C(CCN1CCCCO1)N1CCCC(CNS(=O)(=O)c2cccs2)C1. The van der Waals surface area contributed by atoms with E-state index in [0.29, 0.717) is 30.3 Å². The molecule has 3 heterocycles. The Morgan fingerprint density at radius 2 is 2.19 bits per heavy atom. The summed E-state index contributed by atoms with van der Waals surface area (Å²) >= 11 is 1.21. The van der Waals surface area contributed by atoms with Crippen LogP contribution in [0.3, 0.4) is 0 Å². The van der Waals surface area contributed by atoms with Crippen molar-refractivity contribution in [2.45, 2.75) is 36.3 Å². The number of carbonyl (C=O) groups excluding carboxylic acids is 1. The van der Waals surface area contributed by atoms with E-state index in [1.54, 1.807) is 17.5 Å². The Morgan fingerprint density at radius 3 is 2.92 bits per heavy atom. The van der Waals surface area contributed by atoms with Crippen LogP contribution in [0.2, 0.25) is 0 Å². The number of thiophene rings is 1. The van der Waals surface area contributed by atoms with Gasteiger partial charge in [0.15, 0.2) is 0 Å². The number of nitrogens with zero attached hydrogens (tertiary/aromatic N) is 2. The third kappa shape index (κ3) is 5.50. The summed E-state index contributed by atoms with van der Waals surface area (Å²) < 4.78 is 27.5. The molecular weight excluding hydrogens is 374 g/mol. The summed E-state index contributed by atoms with van der Waals surface area (Å²) in [6, 6.07) is 3.33. The molecule has 2 aliphatic rings. The topological polar surface area (TPSA) is 79.0 Å². The summed E-state index contributed by atoms with van der Waals surface area (Å²) in [6.07, 6.45) is 4.50. The van der Waals surface area contributed by atoms with Gasteiger partial charge in [0.2, 0.25) is 15.9 Å². The van der Waals surface area contributed by atoms with Crippen LogP contribution in [-0.2, 0) is 19.7 Å². The van der Waals surface area contributed by atoms with Crippen LogP contribution in [0, 0.1) is 5.92 Å². The highest BCUT2D eigenvalue weighted by atomic mass is 32.2. The molecule has 3 rings (SSSR count). The van der Waals surface area contributed by atoms with Crippen LogP contribution in [0.4, 0.5) is 0 Å². The van der Waals surface area contributed by atoms with Gasteiger partial charge >= 0.3 is 0 Å². The van der Waals surface area contributed by atoms with Crippen molar-refractivity contribution in [1.29, 1.82) is 0 Å². The van der Waals surface area contributed by atoms with Gasteiger partial charge in [-0.15, -0.1) is 11.3 Å². The monoisotopic (exact) mass is 401 g/mol. The molecule has 1 unspecified atom stereocenters. The van der Waals surface area contributed by atoms with Gasteiger partial charge in [-0.3, -0.25) is 9.63 Å². The lowest BCUT2D eigenvalue weighted by Crippen LogP contribution is -2.44. The quantitative estimate of drug-likeness (QED) is 0.752. The average Bonchev–Trinajstić information content (AvgIpc) is 3.21. The number of sulfonamides is 1. The number of piperidine rings is 1. The van der Waals surface area contributed by atoms with Crippen molar-refractivity contribution in [2.24, 2.45) is 5.92 Å². The van der Waals surface area contributed by atoms with Gasteiger partial charge in [-0.05, 0) is 43.0 Å². The second-order valence-corrected chi connectivity index (χ2v) is 9.79. The predicted molar refractivity (Wildman–Crippen MR) is 100 cm³/mol. The molecule has 0 bridgehead atoms. The molecule has 2 saturated heterocycles. The molecule has 0 aliphatic carbocycles. The van der Waals surface area contributed by atoms with Crippen LogP contribution in [0.25, 0.3) is 0 Å². The minimum atomic E-state index is -3.44. The van der Waals surface area contributed by atoms with Gasteiger partial charge in [0.05, 0.1) is 6.61 Å². The average molecular weight is 402 g/mol. The Labute approximate surface area is 159 Å². The van der Waals surface area contributed by atoms with E-state index in [4.69, 9.17) is 4.84 Å². The van der Waals surface area contributed by atoms with E-state index in [9.17, 15) is 13.2 Å². The van der Waals surface area contributed by atoms with Crippen LogP contribution in [0.15, 0.2) is 21.7 Å². The van der Waals surface area contributed by atoms with Gasteiger partial charge in [0.25, 0.3) is 0 Å². The molecule has 146 valence electrons. The lowest BCUT2D eigenvalue weighted by molar-refractivity contribution is -0.182. The van der Waals surface area contributed by atoms with E-state index in [2.05, 4.69) is 4.72 Å². The first-order chi connectivity index (χ1) is 12.5. The van der Waals surface area contributed by atoms with Gasteiger partial charge in [0, 0.05) is 39.1 Å². The number of amides is 1. The molecule has 1 aromatic heterocycles. The fourth-order valence-corrected chi connectivity index (χ4v) is 5.53. The predicted octanol–water partition coefficient (Wildman–Crippen LogP) is 1.68. The highest BCUT2D eigenvalue weighted by molar-refractivity contribution is 7.91. The van der Waals surface area contributed by atoms with Crippen molar-refractivity contribution in [1.82, 2.24) is 14.7 Å². The minimum Gasteiger partial charge on any atom is -0.342 e. The maximum absolute atomic E-state index is 12.5. The lowest BCUT2D eigenvalue weighted by atomic mass is 9.98. The second kappa shape index (κ2) is 9.27. The van der Waals surface area contributed by atoms with Crippen LogP contribution >= 0.6 is 11.3 Å². The first-order valence-corrected chi connectivity index (χ1v) is 11.6. The van der Waals surface area contributed by atoms with E-state index in [1.807, 2.05) is 9.96 Å². The highest BCUT2D eigenvalue weighted by Gasteiger charge is 2.26. The lowest BCUT2D eigenvalue weighted by Gasteiger charge is -2.33. The summed E-state index contributed by atoms with van der Waals surface area (Å²) in [4.78, 5) is 19.9. The molecule has 1 atom stereocenters. The van der Waals surface area contributed by atoms with Crippen molar-refractivity contribution in [2.75, 3.05) is 39.3 Å². The second-order valence-electron chi connectivity index (χ2n) is 6.85. The van der Waals surface area contributed by atoms with Crippen molar-refractivity contribution in [3.63, 3.8) is 0 Å². The molecule has 2 aliphatic heterocycles. The van der Waals surface area contributed by atoms with Crippen LogP contribution < -0.4 is 4.72 Å². The zero-order chi connectivity index (χ0) is 18.4. The smallest absolute Gasteiger partial charge is 0.250 e. The Morgan fingerprint density at radius 1 is 1.31 bits per heavy atom. The number of hydrogen-bond acceptors (Lipinski definition) is 6. The summed E-state index contributed by atoms with van der Waals surface area (Å²) in [5.74, 6) is 0.290. The maximum Gasteiger partial charge on any atom is 0.250 e. The van der Waals surface area contributed by atoms with E-state index < -0.39 is 10.0 Å². The van der Waals surface area contributed by atoms with Crippen molar-refractivity contribution in [3.05, 3.63) is 17.5 Å². The minimum absolute atomic E-state index is 0.130. The Kier molecular flexibility index (Phi) is 7.05. The fraction of sp³-hybridized carbons (Fsp3) is 0.706. The number of rotatable bonds is 7. The van der Waals surface area contributed by atoms with E-state index >= 15 is 0 Å². The molecule has 26 heavy (non-hydrogen) atoms. The Bertz CT molecular complexity index is 672. The molecule has 7 nitrogen and oxygen atoms in total. The highest BCUT2D eigenvalue weighted by Crippen LogP contribution is 2.19. The first kappa shape index (κ1) is 19.8. The van der Waals surface area contributed by atoms with E-state index in [1.165, 1.54) is 11.3 Å². The number of hydroxylamine groups is 2. The molecule has 1 amide bonds. The zero-order valence-corrected chi connectivity index (χ0v) is 16.6. The molecule has 0 radical (unpaired) electrons. The van der Waals surface area contributed by atoms with Crippen LogP contribution in [0.1, 0.15) is 32.1 Å². The largest absolute Gasteiger partial charge is 0.342 e. The molecule has 1 N–H and O–H groups in total. The molecule has 0 spiro atoms. The van der Waals surface area contributed by atoms with Crippen molar-refractivity contribution < 1.29 is 18.0 Å². The van der Waals surface area contributed by atoms with Gasteiger partial charge < -0.3 is 4.90 Å². The van der Waals surface area contributed by atoms with Crippen molar-refractivity contribution in [3.8, 4) is 0 Å². The summed E-state index contributed by atoms with van der Waals surface area (Å²) in [6.45, 7) is 4.01. The standard InChI is InChI=1S/C17H27N3O4S2/c21-16(7-10-20-9-1-2-11-24-20)19-8-3-5-15(14-19)13-18-26(22,23)17-6-4-12-25-17/h4,6,12,15,18H,1-3,5,7-11,13-14H2. The summed E-state index contributed by atoms with van der Waals surface area (Å²) in [5, 5.41) is 3.64. The third-order valence-corrected chi connectivity index (χ3v) is 7.67. The molecule has 0 aromatic carbocycles. The van der Waals surface area contributed by atoms with Gasteiger partial charge in [0.1, 0.15) is 4.21 Å². The summed E-state index contributed by atoms with van der Waals surface area (Å²) in [7, 11) is -3.44. The Balaban J connectivity index is 1.44. The molecule has 9 heteroatoms. The van der Waals surface area contributed by atoms with Gasteiger partial charge in [-0.2, -0.15) is 5.06 Å². The maximum atomic E-state index is 12.5. The molecular formula is C17H27N3O4S2.